The second kappa shape index (κ2) is 5.24. The smallest absolute Gasteiger partial charge is 0.225 e. The van der Waals surface area contributed by atoms with Crippen molar-refractivity contribution in [2.45, 2.75) is 11.0 Å². The summed E-state index contributed by atoms with van der Waals surface area (Å²) in [5, 5.41) is 5.78. The van der Waals surface area contributed by atoms with Crippen molar-refractivity contribution in [3.63, 3.8) is 0 Å². The summed E-state index contributed by atoms with van der Waals surface area (Å²) in [6.45, 7) is 1.84. The third-order valence-electron chi connectivity index (χ3n) is 4.25. The van der Waals surface area contributed by atoms with Crippen LogP contribution < -0.4 is 16.0 Å². The molecule has 2 fully saturated rings. The van der Waals surface area contributed by atoms with Gasteiger partial charge in [-0.15, -0.1) is 23.1 Å². The van der Waals surface area contributed by atoms with Crippen LogP contribution in [0.2, 0.25) is 0 Å². The van der Waals surface area contributed by atoms with Gasteiger partial charge in [0.25, 0.3) is 0 Å². The molecule has 110 valence electrons. The molecular formula is C14H17N5S2. The number of fused-ring (bicyclic) bond motifs is 1. The van der Waals surface area contributed by atoms with Gasteiger partial charge >= 0.3 is 0 Å². The summed E-state index contributed by atoms with van der Waals surface area (Å²) in [5.74, 6) is 2.39. The molecule has 2 saturated heterocycles. The molecule has 4 rings (SSSR count). The molecule has 0 bridgehead atoms. The van der Waals surface area contributed by atoms with Gasteiger partial charge in [0.2, 0.25) is 5.95 Å². The number of anilines is 1. The van der Waals surface area contributed by atoms with Crippen LogP contribution in [0, 0.1) is 5.92 Å². The predicted molar refractivity (Wildman–Crippen MR) is 87.3 cm³/mol. The molecule has 0 saturated carbocycles. The molecule has 3 N–H and O–H groups in total. The second-order valence-corrected chi connectivity index (χ2v) is 7.60. The van der Waals surface area contributed by atoms with Gasteiger partial charge in [-0.05, 0) is 17.5 Å². The predicted octanol–water partition coefficient (Wildman–Crippen LogP) is 1.45. The van der Waals surface area contributed by atoms with Gasteiger partial charge in [0.1, 0.15) is 5.50 Å². The van der Waals surface area contributed by atoms with Crippen molar-refractivity contribution in [3.05, 3.63) is 40.8 Å². The van der Waals surface area contributed by atoms with Crippen molar-refractivity contribution in [1.29, 1.82) is 0 Å². The van der Waals surface area contributed by atoms with Crippen LogP contribution in [-0.4, -0.2) is 34.3 Å². The Balaban J connectivity index is 1.71. The van der Waals surface area contributed by atoms with E-state index in [1.54, 1.807) is 35.5 Å². The van der Waals surface area contributed by atoms with E-state index in [0.29, 0.717) is 5.92 Å². The fourth-order valence-corrected chi connectivity index (χ4v) is 5.36. The molecule has 7 heteroatoms. The van der Waals surface area contributed by atoms with Crippen LogP contribution in [0.5, 0.6) is 0 Å². The molecule has 3 atom stereocenters. The average Bonchev–Trinajstić information content (AvgIpc) is 3.15. The number of hydrogen-bond acceptors (Lipinski definition) is 7. The van der Waals surface area contributed by atoms with Crippen molar-refractivity contribution < 1.29 is 0 Å². The van der Waals surface area contributed by atoms with Crippen molar-refractivity contribution in [2.24, 2.45) is 11.7 Å². The summed E-state index contributed by atoms with van der Waals surface area (Å²) in [5.41, 5.74) is 6.09. The van der Waals surface area contributed by atoms with Crippen LogP contribution in [0.3, 0.4) is 0 Å². The zero-order valence-electron chi connectivity index (χ0n) is 11.5. The maximum atomic E-state index is 6.17. The van der Waals surface area contributed by atoms with Gasteiger partial charge in [0.05, 0.1) is 5.54 Å². The van der Waals surface area contributed by atoms with Crippen molar-refractivity contribution in [2.75, 3.05) is 23.7 Å². The normalized spacial score (nSPS) is 32.1. The van der Waals surface area contributed by atoms with Gasteiger partial charge < -0.3 is 10.6 Å². The van der Waals surface area contributed by atoms with Crippen LogP contribution >= 0.6 is 23.1 Å². The van der Waals surface area contributed by atoms with E-state index in [-0.39, 0.29) is 11.0 Å². The van der Waals surface area contributed by atoms with Crippen LogP contribution in [0.1, 0.15) is 4.88 Å². The molecule has 5 nitrogen and oxygen atoms in total. The Morgan fingerprint density at radius 2 is 2.19 bits per heavy atom. The summed E-state index contributed by atoms with van der Waals surface area (Å²) in [4.78, 5) is 12.4. The van der Waals surface area contributed by atoms with Crippen molar-refractivity contribution in [1.82, 2.24) is 15.3 Å². The molecule has 0 radical (unpaired) electrons. The minimum absolute atomic E-state index is 0.0139. The highest BCUT2D eigenvalue weighted by molar-refractivity contribution is 7.99. The summed E-state index contributed by atoms with van der Waals surface area (Å²) in [7, 11) is 0. The highest BCUT2D eigenvalue weighted by Crippen LogP contribution is 2.44. The Labute approximate surface area is 132 Å². The van der Waals surface area contributed by atoms with Gasteiger partial charge in [-0.2, -0.15) is 0 Å². The Morgan fingerprint density at radius 3 is 2.95 bits per heavy atom. The first-order valence-corrected chi connectivity index (χ1v) is 8.92. The minimum Gasteiger partial charge on any atom is -0.338 e. The van der Waals surface area contributed by atoms with E-state index in [1.165, 1.54) is 4.88 Å². The summed E-state index contributed by atoms with van der Waals surface area (Å²) >= 11 is 3.59. The molecular weight excluding hydrogens is 302 g/mol. The fourth-order valence-electron chi connectivity index (χ4n) is 3.28. The van der Waals surface area contributed by atoms with E-state index in [0.717, 1.165) is 24.8 Å². The zero-order chi connectivity index (χ0) is 14.3. The lowest BCUT2D eigenvalue weighted by molar-refractivity contribution is 0.280. The standard InChI is InChI=1S/C14H17N5S2/c15-12-18-14(11-3-1-6-20-11)9-19(7-10(14)8-21-12)13-16-4-2-5-17-13/h1-6,10,12,18H,7-9,15H2/t10-,12?,14-/m0/s1. The lowest BCUT2D eigenvalue weighted by Crippen LogP contribution is -2.58. The average molecular weight is 319 g/mol. The maximum Gasteiger partial charge on any atom is 0.225 e. The highest BCUT2D eigenvalue weighted by Gasteiger charge is 2.52. The first-order chi connectivity index (χ1) is 10.3. The van der Waals surface area contributed by atoms with Crippen LogP contribution in [0.15, 0.2) is 36.0 Å². The van der Waals surface area contributed by atoms with Crippen molar-refractivity contribution >= 4 is 29.0 Å². The Bertz CT molecular complexity index is 605. The Morgan fingerprint density at radius 1 is 1.33 bits per heavy atom. The SMILES string of the molecule is NC1N[C@@]2(c3cccs3)CN(c3ncccn3)C[C@H]2CS1. The quantitative estimate of drug-likeness (QED) is 0.873. The lowest BCUT2D eigenvalue weighted by atomic mass is 9.86. The van der Waals surface area contributed by atoms with Gasteiger partial charge in [-0.3, -0.25) is 5.32 Å². The number of rotatable bonds is 2. The molecule has 0 aromatic carbocycles. The van der Waals surface area contributed by atoms with E-state index < -0.39 is 0 Å². The molecule has 2 aromatic rings. The van der Waals surface area contributed by atoms with Crippen LogP contribution in [-0.2, 0) is 5.54 Å². The van der Waals surface area contributed by atoms with E-state index in [4.69, 9.17) is 5.73 Å². The number of nitrogens with one attached hydrogen (secondary N) is 1. The second-order valence-electron chi connectivity index (χ2n) is 5.47. The van der Waals surface area contributed by atoms with Gasteiger partial charge in [-0.25, -0.2) is 9.97 Å². The third-order valence-corrected chi connectivity index (χ3v) is 6.37. The molecule has 0 amide bonds. The monoisotopic (exact) mass is 319 g/mol. The number of hydrogen-bond donors (Lipinski definition) is 2. The number of aromatic nitrogens is 2. The molecule has 0 spiro atoms. The molecule has 4 heterocycles. The zero-order valence-corrected chi connectivity index (χ0v) is 13.1. The third kappa shape index (κ3) is 2.24. The molecule has 2 aliphatic heterocycles. The topological polar surface area (TPSA) is 67.1 Å². The number of thioether (sulfide) groups is 1. The summed E-state index contributed by atoms with van der Waals surface area (Å²) in [6, 6.07) is 6.18. The van der Waals surface area contributed by atoms with E-state index in [2.05, 4.69) is 37.7 Å². The van der Waals surface area contributed by atoms with E-state index in [1.807, 2.05) is 6.07 Å². The van der Waals surface area contributed by atoms with Gasteiger partial charge in [-0.1, -0.05) is 6.07 Å². The van der Waals surface area contributed by atoms with E-state index >= 15 is 0 Å². The summed E-state index contributed by atoms with van der Waals surface area (Å²) in [6.07, 6.45) is 3.60. The highest BCUT2D eigenvalue weighted by atomic mass is 32.2. The molecule has 2 aromatic heterocycles. The number of thiophene rings is 1. The number of nitrogens with zero attached hydrogens (tertiary/aromatic N) is 3. The Kier molecular flexibility index (Phi) is 3.37. The largest absolute Gasteiger partial charge is 0.338 e. The Hall–Kier alpha value is -1.15. The van der Waals surface area contributed by atoms with E-state index in [9.17, 15) is 0 Å². The van der Waals surface area contributed by atoms with Crippen LogP contribution in [0.4, 0.5) is 5.95 Å². The molecule has 0 aliphatic carbocycles. The molecule has 1 unspecified atom stereocenters. The number of nitrogens with two attached hydrogens (primary N) is 1. The fraction of sp³-hybridized carbons (Fsp3) is 0.429. The lowest BCUT2D eigenvalue weighted by Gasteiger charge is -2.41. The minimum atomic E-state index is -0.0714. The first kappa shape index (κ1) is 13.5. The van der Waals surface area contributed by atoms with Crippen molar-refractivity contribution in [3.8, 4) is 0 Å². The molecule has 2 aliphatic rings. The first-order valence-electron chi connectivity index (χ1n) is 6.99. The maximum absolute atomic E-state index is 6.17. The van der Waals surface area contributed by atoms with Crippen LogP contribution in [0.25, 0.3) is 0 Å². The van der Waals surface area contributed by atoms with Gasteiger partial charge in [0.15, 0.2) is 0 Å². The molecule has 21 heavy (non-hydrogen) atoms. The summed E-state index contributed by atoms with van der Waals surface area (Å²) < 4.78 is 0. The van der Waals surface area contributed by atoms with Gasteiger partial charge in [0, 0.05) is 42.0 Å².